The van der Waals surface area contributed by atoms with Crippen molar-refractivity contribution < 1.29 is 4.79 Å². The molecule has 0 bridgehead atoms. The SMILES string of the molecule is C=C(c1ccc(C)c(NC(=O)N2CC(N)C2)c1)N1CCC(c2ccc(C#N)cc2)CC1. The summed E-state index contributed by atoms with van der Waals surface area (Å²) in [5.41, 5.74) is 11.6. The lowest BCUT2D eigenvalue weighted by atomic mass is 9.88. The predicted octanol–water partition coefficient (Wildman–Crippen LogP) is 3.89. The number of rotatable bonds is 4. The van der Waals surface area contributed by atoms with Crippen molar-refractivity contribution in [2.24, 2.45) is 5.73 Å². The zero-order chi connectivity index (χ0) is 22.0. The van der Waals surface area contributed by atoms with Gasteiger partial charge in [0.15, 0.2) is 0 Å². The molecule has 0 spiro atoms. The van der Waals surface area contributed by atoms with Crippen LogP contribution in [0.5, 0.6) is 0 Å². The maximum Gasteiger partial charge on any atom is 0.321 e. The molecule has 0 aromatic heterocycles. The first-order valence-electron chi connectivity index (χ1n) is 10.8. The molecule has 0 aliphatic carbocycles. The number of benzene rings is 2. The number of nitrogens with zero attached hydrogens (tertiary/aromatic N) is 3. The molecule has 2 saturated heterocycles. The smallest absolute Gasteiger partial charge is 0.321 e. The first kappa shape index (κ1) is 21.0. The molecule has 2 aromatic carbocycles. The molecule has 3 N–H and O–H groups in total. The summed E-state index contributed by atoms with van der Waals surface area (Å²) in [6.07, 6.45) is 2.10. The van der Waals surface area contributed by atoms with Crippen molar-refractivity contribution in [2.45, 2.75) is 31.7 Å². The molecule has 2 aromatic rings. The van der Waals surface area contributed by atoms with Crippen LogP contribution in [-0.4, -0.2) is 48.1 Å². The number of piperidine rings is 1. The summed E-state index contributed by atoms with van der Waals surface area (Å²) in [6, 6.07) is 16.2. The number of nitrogens with two attached hydrogens (primary N) is 1. The molecule has 0 unspecified atom stereocenters. The van der Waals surface area contributed by atoms with Crippen molar-refractivity contribution >= 4 is 17.4 Å². The largest absolute Gasteiger partial charge is 0.371 e. The van der Waals surface area contributed by atoms with Gasteiger partial charge in [-0.2, -0.15) is 5.26 Å². The van der Waals surface area contributed by atoms with Gasteiger partial charge in [0.05, 0.1) is 11.6 Å². The number of nitriles is 1. The number of nitrogens with one attached hydrogen (secondary N) is 1. The summed E-state index contributed by atoms with van der Waals surface area (Å²) in [4.78, 5) is 16.4. The van der Waals surface area contributed by atoms with E-state index in [-0.39, 0.29) is 12.1 Å². The number of urea groups is 1. The van der Waals surface area contributed by atoms with E-state index in [9.17, 15) is 4.79 Å². The number of aryl methyl sites for hydroxylation is 1. The molecule has 4 rings (SSSR count). The topological polar surface area (TPSA) is 85.4 Å². The molecule has 2 aliphatic rings. The summed E-state index contributed by atoms with van der Waals surface area (Å²) in [6.45, 7) is 9.41. The van der Waals surface area contributed by atoms with E-state index in [1.807, 2.05) is 31.2 Å². The third kappa shape index (κ3) is 4.57. The molecule has 160 valence electrons. The first-order valence-corrected chi connectivity index (χ1v) is 10.8. The highest BCUT2D eigenvalue weighted by molar-refractivity contribution is 5.91. The van der Waals surface area contributed by atoms with E-state index in [4.69, 9.17) is 11.0 Å². The van der Waals surface area contributed by atoms with Gasteiger partial charge in [0.2, 0.25) is 0 Å². The van der Waals surface area contributed by atoms with E-state index in [1.165, 1.54) is 5.56 Å². The van der Waals surface area contributed by atoms with Crippen LogP contribution in [0.2, 0.25) is 0 Å². The van der Waals surface area contributed by atoms with Crippen LogP contribution in [0, 0.1) is 18.3 Å². The van der Waals surface area contributed by atoms with Gasteiger partial charge in [0, 0.05) is 43.6 Å². The zero-order valence-corrected chi connectivity index (χ0v) is 18.0. The number of hydrogen-bond acceptors (Lipinski definition) is 4. The highest BCUT2D eigenvalue weighted by atomic mass is 16.2. The Labute approximate surface area is 183 Å². The van der Waals surface area contributed by atoms with Gasteiger partial charge in [-0.1, -0.05) is 30.8 Å². The minimum Gasteiger partial charge on any atom is -0.371 e. The van der Waals surface area contributed by atoms with E-state index < -0.39 is 0 Å². The first-order chi connectivity index (χ1) is 14.9. The average Bonchev–Trinajstić information content (AvgIpc) is 2.78. The minimum atomic E-state index is -0.101. The molecular formula is C25H29N5O. The fraction of sp³-hybridized carbons (Fsp3) is 0.360. The van der Waals surface area contributed by atoms with Crippen LogP contribution >= 0.6 is 0 Å². The Morgan fingerprint density at radius 3 is 2.42 bits per heavy atom. The van der Waals surface area contributed by atoms with Gasteiger partial charge in [-0.3, -0.25) is 0 Å². The van der Waals surface area contributed by atoms with Gasteiger partial charge in [-0.15, -0.1) is 0 Å². The van der Waals surface area contributed by atoms with Gasteiger partial charge in [-0.25, -0.2) is 4.79 Å². The molecule has 2 fully saturated rings. The van der Waals surface area contributed by atoms with Crippen molar-refractivity contribution in [2.75, 3.05) is 31.5 Å². The second-order valence-corrected chi connectivity index (χ2v) is 8.57. The summed E-state index contributed by atoms with van der Waals surface area (Å²) in [5, 5.41) is 12.0. The molecule has 6 nitrogen and oxygen atoms in total. The summed E-state index contributed by atoms with van der Waals surface area (Å²) < 4.78 is 0. The average molecular weight is 416 g/mol. The number of carbonyl (C=O) groups excluding carboxylic acids is 1. The van der Waals surface area contributed by atoms with E-state index in [0.717, 1.165) is 48.4 Å². The van der Waals surface area contributed by atoms with Crippen molar-refractivity contribution in [1.29, 1.82) is 5.26 Å². The third-order valence-corrected chi connectivity index (χ3v) is 6.40. The van der Waals surface area contributed by atoms with Crippen molar-refractivity contribution in [3.05, 3.63) is 71.3 Å². The molecule has 2 amide bonds. The normalized spacial score (nSPS) is 17.1. The van der Waals surface area contributed by atoms with Crippen molar-refractivity contribution in [1.82, 2.24) is 9.80 Å². The number of hydrogen-bond donors (Lipinski definition) is 2. The zero-order valence-electron chi connectivity index (χ0n) is 18.0. The number of anilines is 1. The van der Waals surface area contributed by atoms with E-state index in [0.29, 0.717) is 24.6 Å². The molecular weight excluding hydrogens is 386 g/mol. The fourth-order valence-electron chi connectivity index (χ4n) is 4.30. The van der Waals surface area contributed by atoms with Gasteiger partial charge in [-0.05, 0) is 60.6 Å². The second-order valence-electron chi connectivity index (χ2n) is 8.57. The quantitative estimate of drug-likeness (QED) is 0.793. The van der Waals surface area contributed by atoms with Gasteiger partial charge >= 0.3 is 6.03 Å². The molecule has 2 aliphatic heterocycles. The fourth-order valence-corrected chi connectivity index (χ4v) is 4.30. The van der Waals surface area contributed by atoms with Crippen molar-refractivity contribution in [3.63, 3.8) is 0 Å². The number of amides is 2. The van der Waals surface area contributed by atoms with Crippen LogP contribution < -0.4 is 11.1 Å². The van der Waals surface area contributed by atoms with Gasteiger partial charge in [0.1, 0.15) is 0 Å². The lowest BCUT2D eigenvalue weighted by molar-refractivity contribution is 0.165. The Balaban J connectivity index is 1.38. The van der Waals surface area contributed by atoms with Crippen LogP contribution in [0.3, 0.4) is 0 Å². The van der Waals surface area contributed by atoms with E-state index >= 15 is 0 Å². The van der Waals surface area contributed by atoms with Crippen LogP contribution in [0.25, 0.3) is 5.70 Å². The van der Waals surface area contributed by atoms with Crippen LogP contribution in [0.15, 0.2) is 49.0 Å². The highest BCUT2D eigenvalue weighted by Gasteiger charge is 2.28. The van der Waals surface area contributed by atoms with Crippen molar-refractivity contribution in [3.8, 4) is 6.07 Å². The molecule has 0 saturated carbocycles. The monoisotopic (exact) mass is 415 g/mol. The molecule has 2 heterocycles. The Morgan fingerprint density at radius 2 is 1.81 bits per heavy atom. The van der Waals surface area contributed by atoms with Crippen LogP contribution in [0.4, 0.5) is 10.5 Å². The number of likely N-dealkylation sites (tertiary alicyclic amines) is 2. The lowest BCUT2D eigenvalue weighted by Gasteiger charge is -2.37. The van der Waals surface area contributed by atoms with E-state index in [1.54, 1.807) is 4.90 Å². The summed E-state index contributed by atoms with van der Waals surface area (Å²) >= 11 is 0. The lowest BCUT2D eigenvalue weighted by Crippen LogP contribution is -2.58. The standard InChI is InChI=1S/C25H29N5O/c1-17-3-6-22(13-24(17)28-25(31)30-15-23(27)16-30)18(2)29-11-9-21(10-12-29)20-7-4-19(14-26)5-8-20/h3-8,13,21,23H,2,9-12,15-16,27H2,1H3,(H,28,31). The molecule has 31 heavy (non-hydrogen) atoms. The van der Waals surface area contributed by atoms with Crippen LogP contribution in [-0.2, 0) is 0 Å². The highest BCUT2D eigenvalue weighted by Crippen LogP contribution is 2.32. The van der Waals surface area contributed by atoms with E-state index in [2.05, 4.69) is 41.1 Å². The Hall–Kier alpha value is -3.30. The Kier molecular flexibility index (Phi) is 5.97. The maximum absolute atomic E-state index is 12.4. The van der Waals surface area contributed by atoms with Gasteiger partial charge < -0.3 is 20.9 Å². The Bertz CT molecular complexity index is 1010. The predicted molar refractivity (Wildman–Crippen MR) is 123 cm³/mol. The third-order valence-electron chi connectivity index (χ3n) is 6.40. The Morgan fingerprint density at radius 1 is 1.13 bits per heavy atom. The minimum absolute atomic E-state index is 0.0881. The summed E-state index contributed by atoms with van der Waals surface area (Å²) in [5.74, 6) is 0.507. The summed E-state index contributed by atoms with van der Waals surface area (Å²) in [7, 11) is 0. The maximum atomic E-state index is 12.4. The molecule has 6 heteroatoms. The number of carbonyl (C=O) groups is 1. The molecule has 0 atom stereocenters. The second kappa shape index (κ2) is 8.83. The van der Waals surface area contributed by atoms with Gasteiger partial charge in [0.25, 0.3) is 0 Å². The van der Waals surface area contributed by atoms with Crippen LogP contribution in [0.1, 0.15) is 41.0 Å². The molecule has 0 radical (unpaired) electrons.